The van der Waals surface area contributed by atoms with Crippen LogP contribution >= 0.6 is 11.6 Å². The van der Waals surface area contributed by atoms with E-state index in [2.05, 4.69) is 15.3 Å². The molecule has 1 N–H and O–H groups in total. The lowest BCUT2D eigenvalue weighted by Gasteiger charge is -2.10. The fraction of sp³-hybridized carbons (Fsp3) is 0.214. The number of aromatic nitrogens is 2. The molecule has 1 aromatic carbocycles. The predicted octanol–water partition coefficient (Wildman–Crippen LogP) is 3.78. The van der Waals surface area contributed by atoms with Gasteiger partial charge in [0.1, 0.15) is 23.1 Å². The van der Waals surface area contributed by atoms with Crippen LogP contribution in [0.15, 0.2) is 24.4 Å². The van der Waals surface area contributed by atoms with Crippen LogP contribution < -0.4 is 5.32 Å². The summed E-state index contributed by atoms with van der Waals surface area (Å²) in [6.07, 6.45) is 1.29. The molecule has 0 aliphatic rings. The van der Waals surface area contributed by atoms with Gasteiger partial charge in [-0.05, 0) is 12.1 Å². The van der Waals surface area contributed by atoms with Crippen molar-refractivity contribution in [2.45, 2.75) is 19.8 Å². The van der Waals surface area contributed by atoms with Crippen molar-refractivity contribution in [2.75, 3.05) is 5.32 Å². The fourth-order valence-corrected chi connectivity index (χ4v) is 1.79. The summed E-state index contributed by atoms with van der Waals surface area (Å²) >= 11 is 5.87. The normalized spacial score (nSPS) is 10.8. The standard InChI is InChI=1S/C14H12ClF2N3O/c1-7(2)13-18-6-8(15)11(19-13)14(21)20-12-9(16)4-3-5-10(12)17/h3-7H,1-2H3,(H,20,21). The van der Waals surface area contributed by atoms with Crippen LogP contribution in [0.3, 0.4) is 0 Å². The van der Waals surface area contributed by atoms with E-state index in [1.807, 2.05) is 13.8 Å². The average molecular weight is 312 g/mol. The van der Waals surface area contributed by atoms with Gasteiger partial charge in [-0.1, -0.05) is 31.5 Å². The quantitative estimate of drug-likeness (QED) is 0.938. The molecule has 0 radical (unpaired) electrons. The Morgan fingerprint density at radius 1 is 1.29 bits per heavy atom. The van der Waals surface area contributed by atoms with E-state index in [1.54, 1.807) is 0 Å². The molecule has 0 spiro atoms. The number of carbonyl (C=O) groups is 1. The van der Waals surface area contributed by atoms with Gasteiger partial charge in [0.2, 0.25) is 0 Å². The first-order valence-corrected chi connectivity index (χ1v) is 6.55. The first-order chi connectivity index (χ1) is 9.90. The number of amides is 1. The highest BCUT2D eigenvalue weighted by molar-refractivity contribution is 6.33. The lowest BCUT2D eigenvalue weighted by Crippen LogP contribution is -2.18. The Morgan fingerprint density at radius 3 is 2.48 bits per heavy atom. The van der Waals surface area contributed by atoms with Gasteiger partial charge in [-0.3, -0.25) is 4.79 Å². The molecule has 1 aromatic heterocycles. The fourth-order valence-electron chi connectivity index (χ4n) is 1.61. The number of halogens is 3. The molecular weight excluding hydrogens is 300 g/mol. The average Bonchev–Trinajstić information content (AvgIpc) is 2.43. The molecule has 0 atom stereocenters. The Balaban J connectivity index is 2.35. The van der Waals surface area contributed by atoms with Crippen LogP contribution in [0.1, 0.15) is 36.1 Å². The summed E-state index contributed by atoms with van der Waals surface area (Å²) in [6.45, 7) is 3.70. The molecule has 0 fully saturated rings. The van der Waals surface area contributed by atoms with Gasteiger partial charge in [0.05, 0.1) is 11.2 Å². The Bertz CT molecular complexity index is 672. The minimum absolute atomic E-state index is 0.00801. The predicted molar refractivity (Wildman–Crippen MR) is 75.4 cm³/mol. The maximum atomic E-state index is 13.5. The van der Waals surface area contributed by atoms with E-state index in [1.165, 1.54) is 12.3 Å². The Labute approximate surface area is 125 Å². The first kappa shape index (κ1) is 15.3. The SMILES string of the molecule is CC(C)c1ncc(Cl)c(C(=O)Nc2c(F)cccc2F)n1. The number of hydrogen-bond donors (Lipinski definition) is 1. The summed E-state index contributed by atoms with van der Waals surface area (Å²) in [4.78, 5) is 20.1. The second kappa shape index (κ2) is 6.13. The highest BCUT2D eigenvalue weighted by Crippen LogP contribution is 2.21. The maximum Gasteiger partial charge on any atom is 0.276 e. The van der Waals surface area contributed by atoms with Gasteiger partial charge < -0.3 is 5.32 Å². The Kier molecular flexibility index (Phi) is 4.47. The van der Waals surface area contributed by atoms with Gasteiger partial charge in [-0.25, -0.2) is 18.7 Å². The third-order valence-electron chi connectivity index (χ3n) is 2.70. The van der Waals surface area contributed by atoms with E-state index in [0.717, 1.165) is 12.1 Å². The van der Waals surface area contributed by atoms with Crippen LogP contribution in [0, 0.1) is 11.6 Å². The van der Waals surface area contributed by atoms with Crippen molar-refractivity contribution in [3.63, 3.8) is 0 Å². The summed E-state index contributed by atoms with van der Waals surface area (Å²) < 4.78 is 27.0. The van der Waals surface area contributed by atoms with E-state index in [9.17, 15) is 13.6 Å². The van der Waals surface area contributed by atoms with Gasteiger partial charge in [0.15, 0.2) is 5.69 Å². The zero-order chi connectivity index (χ0) is 15.6. The maximum absolute atomic E-state index is 13.5. The molecule has 1 heterocycles. The molecule has 2 rings (SSSR count). The lowest BCUT2D eigenvalue weighted by molar-refractivity contribution is 0.102. The number of anilines is 1. The molecule has 2 aromatic rings. The number of para-hydroxylation sites is 1. The van der Waals surface area contributed by atoms with Crippen LogP contribution in [-0.4, -0.2) is 15.9 Å². The van der Waals surface area contributed by atoms with Gasteiger partial charge in [0.25, 0.3) is 5.91 Å². The molecule has 0 saturated carbocycles. The van der Waals surface area contributed by atoms with E-state index >= 15 is 0 Å². The Hall–Kier alpha value is -2.08. The summed E-state index contributed by atoms with van der Waals surface area (Å²) in [5, 5.41) is 2.15. The second-order valence-electron chi connectivity index (χ2n) is 4.63. The van der Waals surface area contributed by atoms with Crippen molar-refractivity contribution >= 4 is 23.2 Å². The molecule has 4 nitrogen and oxygen atoms in total. The Morgan fingerprint density at radius 2 is 1.90 bits per heavy atom. The van der Waals surface area contributed by atoms with Crippen LogP contribution in [0.2, 0.25) is 5.02 Å². The third kappa shape index (κ3) is 3.33. The highest BCUT2D eigenvalue weighted by atomic mass is 35.5. The topological polar surface area (TPSA) is 54.9 Å². The zero-order valence-electron chi connectivity index (χ0n) is 11.3. The number of nitrogens with one attached hydrogen (secondary N) is 1. The summed E-state index contributed by atoms with van der Waals surface area (Å²) in [7, 11) is 0. The van der Waals surface area contributed by atoms with Crippen molar-refractivity contribution in [3.8, 4) is 0 Å². The van der Waals surface area contributed by atoms with Gasteiger partial charge in [0, 0.05) is 5.92 Å². The summed E-state index contributed by atoms with van der Waals surface area (Å²) in [6, 6.07) is 3.29. The molecule has 0 unspecified atom stereocenters. The number of rotatable bonds is 3. The van der Waals surface area contributed by atoms with Gasteiger partial charge >= 0.3 is 0 Å². The van der Waals surface area contributed by atoms with Crippen molar-refractivity contribution < 1.29 is 13.6 Å². The first-order valence-electron chi connectivity index (χ1n) is 6.18. The number of carbonyl (C=O) groups excluding carboxylic acids is 1. The van der Waals surface area contributed by atoms with Crippen molar-refractivity contribution in [1.29, 1.82) is 0 Å². The monoisotopic (exact) mass is 311 g/mol. The second-order valence-corrected chi connectivity index (χ2v) is 5.04. The minimum Gasteiger partial charge on any atom is -0.316 e. The van der Waals surface area contributed by atoms with Gasteiger partial charge in [-0.15, -0.1) is 0 Å². The van der Waals surface area contributed by atoms with Crippen LogP contribution in [0.5, 0.6) is 0 Å². The smallest absolute Gasteiger partial charge is 0.276 e. The summed E-state index contributed by atoms with van der Waals surface area (Å²) in [5.41, 5.74) is -0.665. The lowest BCUT2D eigenvalue weighted by atomic mass is 10.2. The molecule has 21 heavy (non-hydrogen) atoms. The molecular formula is C14H12ClF2N3O. The van der Waals surface area contributed by atoms with Crippen molar-refractivity contribution in [2.24, 2.45) is 0 Å². The van der Waals surface area contributed by atoms with E-state index in [-0.39, 0.29) is 16.6 Å². The van der Waals surface area contributed by atoms with Crippen LogP contribution in [0.25, 0.3) is 0 Å². The molecule has 1 amide bonds. The van der Waals surface area contributed by atoms with E-state index in [4.69, 9.17) is 11.6 Å². The molecule has 0 aliphatic carbocycles. The molecule has 0 saturated heterocycles. The number of nitrogens with zero attached hydrogens (tertiary/aromatic N) is 2. The molecule has 7 heteroatoms. The number of hydrogen-bond acceptors (Lipinski definition) is 3. The molecule has 110 valence electrons. The molecule has 0 bridgehead atoms. The van der Waals surface area contributed by atoms with E-state index in [0.29, 0.717) is 5.82 Å². The van der Waals surface area contributed by atoms with Crippen molar-refractivity contribution in [3.05, 3.63) is 52.6 Å². The van der Waals surface area contributed by atoms with Crippen LogP contribution in [0.4, 0.5) is 14.5 Å². The summed E-state index contributed by atoms with van der Waals surface area (Å²) in [5.74, 6) is -2.15. The van der Waals surface area contributed by atoms with Gasteiger partial charge in [-0.2, -0.15) is 0 Å². The highest BCUT2D eigenvalue weighted by Gasteiger charge is 2.18. The molecule has 0 aliphatic heterocycles. The van der Waals surface area contributed by atoms with E-state index < -0.39 is 23.2 Å². The largest absolute Gasteiger partial charge is 0.316 e. The zero-order valence-corrected chi connectivity index (χ0v) is 12.1. The van der Waals surface area contributed by atoms with Crippen molar-refractivity contribution in [1.82, 2.24) is 9.97 Å². The number of benzene rings is 1. The third-order valence-corrected chi connectivity index (χ3v) is 2.97. The minimum atomic E-state index is -0.877. The van der Waals surface area contributed by atoms with Crippen LogP contribution in [-0.2, 0) is 0 Å².